The molecule has 14 heteroatoms. The molecule has 0 heterocycles. The minimum atomic E-state index is -3.19. The summed E-state index contributed by atoms with van der Waals surface area (Å²) in [5.41, 5.74) is -0.138. The van der Waals surface area contributed by atoms with Crippen LogP contribution in [0.3, 0.4) is 0 Å². The van der Waals surface area contributed by atoms with Crippen LogP contribution in [0.4, 0.5) is 10.5 Å². The van der Waals surface area contributed by atoms with Gasteiger partial charge in [0.25, 0.3) is 0 Å². The molecule has 1 aromatic rings. The number of amides is 2. The molecule has 1 rings (SSSR count). The molecule has 2 N–H and O–H groups in total. The first-order valence-electron chi connectivity index (χ1n) is 5.47. The van der Waals surface area contributed by atoms with Gasteiger partial charge in [-0.05, 0) is 6.07 Å². The van der Waals surface area contributed by atoms with Crippen molar-refractivity contribution in [2.45, 2.75) is 0 Å². The average Bonchev–Trinajstić information content (AvgIpc) is 2.48. The maximum Gasteiger partial charge on any atom is 0.749 e. The molecular weight excluding hydrogens is 472 g/mol. The van der Waals surface area contributed by atoms with Gasteiger partial charge < -0.3 is 5.32 Å². The van der Waals surface area contributed by atoms with E-state index in [4.69, 9.17) is 79.3 Å². The zero-order valence-corrected chi connectivity index (χ0v) is 16.7. The van der Waals surface area contributed by atoms with Gasteiger partial charge in [0.1, 0.15) is 0 Å². The monoisotopic (exact) mass is 475 g/mol. The van der Waals surface area contributed by atoms with E-state index in [9.17, 15) is 9.36 Å². The van der Waals surface area contributed by atoms with Crippen molar-refractivity contribution in [1.29, 1.82) is 0 Å². The number of hydrogen-bond donors (Lipinski definition) is 2. The number of hydrogen-bond acceptors (Lipinski definition) is 4. The van der Waals surface area contributed by atoms with Crippen LogP contribution < -0.4 is 5.32 Å². The van der Waals surface area contributed by atoms with Gasteiger partial charge in [0.2, 0.25) is 0 Å². The minimum absolute atomic E-state index is 0.0196. The summed E-state index contributed by atoms with van der Waals surface area (Å²) in [6.45, 7) is 0. The fraction of sp³-hybridized carbons (Fsp3) is 0.100. The van der Waals surface area contributed by atoms with Crippen LogP contribution in [-0.4, -0.2) is 23.1 Å². The lowest BCUT2D eigenvalue weighted by Gasteiger charge is -2.20. The number of nitrogens with one attached hydrogen (secondary N) is 1. The van der Waals surface area contributed by atoms with E-state index < -0.39 is 24.7 Å². The van der Waals surface area contributed by atoms with E-state index in [-0.39, 0.29) is 25.8 Å². The molecule has 0 radical (unpaired) electrons. The number of nitrogens with zero attached hydrogens (tertiary/aromatic N) is 1. The average molecular weight is 478 g/mol. The van der Waals surface area contributed by atoms with Crippen molar-refractivity contribution < 1.29 is 23.6 Å². The van der Waals surface area contributed by atoms with Crippen LogP contribution in [0.5, 0.6) is 0 Å². The first-order valence-corrected chi connectivity index (χ1v) is 8.87. The number of hydroxylamine groups is 2. The molecule has 2 amide bonds. The van der Waals surface area contributed by atoms with Gasteiger partial charge in [-0.15, -0.1) is 9.96 Å². The van der Waals surface area contributed by atoms with E-state index in [1.807, 2.05) is 0 Å². The smallest absolute Gasteiger partial charge is 0.303 e. The van der Waals surface area contributed by atoms with E-state index in [0.29, 0.717) is 5.06 Å². The maximum atomic E-state index is 12.3. The maximum absolute atomic E-state index is 12.3. The molecule has 0 fully saturated rings. The molecule has 132 valence electrons. The van der Waals surface area contributed by atoms with Gasteiger partial charge in [-0.25, -0.2) is 9.32 Å². The third-order valence-corrected chi connectivity index (χ3v) is 4.45. The van der Waals surface area contributed by atoms with Crippen LogP contribution >= 0.6 is 77.9 Å². The summed E-state index contributed by atoms with van der Waals surface area (Å²) in [5, 5.41) is 2.42. The van der Waals surface area contributed by atoms with Crippen molar-refractivity contribution in [2.75, 3.05) is 12.4 Å². The third kappa shape index (κ3) is 5.39. The number of carbonyl (C=O) groups excluding carboxylic acids is 1. The van der Waals surface area contributed by atoms with Gasteiger partial charge in [0.15, 0.2) is 4.49 Å². The van der Waals surface area contributed by atoms with E-state index in [1.165, 1.54) is 6.07 Å². The second-order valence-corrected chi connectivity index (χ2v) is 6.82. The number of halogens is 6. The van der Waals surface area contributed by atoms with Crippen LogP contribution in [0.25, 0.3) is 0 Å². The van der Waals surface area contributed by atoms with Crippen LogP contribution in [0, 0.1) is 0 Å². The molecule has 0 saturated carbocycles. The van der Waals surface area contributed by atoms with Crippen LogP contribution in [0.1, 0.15) is 0 Å². The molecule has 1 atom stereocenters. The summed E-state index contributed by atoms with van der Waals surface area (Å²) in [4.78, 5) is 25.8. The number of rotatable bonds is 5. The Bertz CT molecular complexity index is 685. The number of benzene rings is 1. The van der Waals surface area contributed by atoms with E-state index in [2.05, 4.69) is 9.84 Å². The Kier molecular flexibility index (Phi) is 8.62. The normalized spacial score (nSPS) is 10.9. The molecular formula is C10H6Cl6N2O5P+. The highest BCUT2D eigenvalue weighted by Crippen LogP contribution is 2.41. The molecule has 7 nitrogen and oxygen atoms in total. The predicted octanol–water partition coefficient (Wildman–Crippen LogP) is 5.97. The van der Waals surface area contributed by atoms with Crippen LogP contribution in [0.15, 0.2) is 16.4 Å². The second-order valence-electron chi connectivity index (χ2n) is 3.64. The molecule has 0 aromatic heterocycles. The van der Waals surface area contributed by atoms with Crippen LogP contribution in [0.2, 0.25) is 20.1 Å². The highest BCUT2D eigenvalue weighted by Gasteiger charge is 2.32. The molecule has 0 bridgehead atoms. The van der Waals surface area contributed by atoms with Gasteiger partial charge in [0.05, 0.1) is 32.9 Å². The summed E-state index contributed by atoms with van der Waals surface area (Å²) in [5.74, 6) is -0.748. The predicted molar refractivity (Wildman–Crippen MR) is 94.0 cm³/mol. The Labute approximate surface area is 166 Å². The lowest BCUT2D eigenvalue weighted by atomic mass is 10.3. The molecule has 0 aliphatic rings. The molecule has 0 saturated heterocycles. The lowest BCUT2D eigenvalue weighted by molar-refractivity contribution is -0.0791. The third-order valence-electron chi connectivity index (χ3n) is 2.22. The minimum Gasteiger partial charge on any atom is -0.303 e. The summed E-state index contributed by atoms with van der Waals surface area (Å²) in [6, 6.07) is 0.197. The first kappa shape index (κ1) is 21.8. The Balaban J connectivity index is 3.22. The standard InChI is InChI=1S/C10H5Cl6N2O5P/c1-22-18(9(8(15)16)23-24(20)21)10(19)17-7-5(13)3(11)2-4(12)6(7)14/h2H,1H3,(H-,17,19,20,21)/p+1. The largest absolute Gasteiger partial charge is 0.749 e. The van der Waals surface area contributed by atoms with Gasteiger partial charge >= 0.3 is 20.2 Å². The zero-order chi connectivity index (χ0) is 18.6. The van der Waals surface area contributed by atoms with Crippen molar-refractivity contribution in [2.24, 2.45) is 0 Å². The van der Waals surface area contributed by atoms with E-state index >= 15 is 0 Å². The quantitative estimate of drug-likeness (QED) is 0.236. The number of urea groups is 1. The van der Waals surface area contributed by atoms with Crippen molar-refractivity contribution >= 4 is 89.6 Å². The second kappa shape index (κ2) is 9.48. The summed E-state index contributed by atoms with van der Waals surface area (Å²) >= 11 is 34.6. The van der Waals surface area contributed by atoms with E-state index in [0.717, 1.165) is 7.11 Å². The summed E-state index contributed by atoms with van der Waals surface area (Å²) in [6.07, 6.45) is 0. The van der Waals surface area contributed by atoms with Gasteiger partial charge in [-0.1, -0.05) is 69.6 Å². The number of anilines is 1. The van der Waals surface area contributed by atoms with Gasteiger partial charge in [0, 0.05) is 4.57 Å². The highest BCUT2D eigenvalue weighted by atomic mass is 35.5. The molecule has 0 spiro atoms. The Morgan fingerprint density at radius 1 is 1.21 bits per heavy atom. The van der Waals surface area contributed by atoms with Crippen LogP contribution in [-0.2, 0) is 13.9 Å². The fourth-order valence-corrected chi connectivity index (χ4v) is 2.88. The molecule has 1 aromatic carbocycles. The van der Waals surface area contributed by atoms with Gasteiger partial charge in [-0.2, -0.15) is 0 Å². The SMILES string of the molecule is CON(C(=O)Nc1c(Cl)c(Cl)cc(Cl)c1Cl)C(O[P+](=O)O)=C(Cl)Cl. The van der Waals surface area contributed by atoms with Crippen molar-refractivity contribution in [3.05, 3.63) is 36.5 Å². The molecule has 0 aliphatic carbocycles. The molecule has 24 heavy (non-hydrogen) atoms. The molecule has 0 aliphatic heterocycles. The summed E-state index contributed by atoms with van der Waals surface area (Å²) in [7, 11) is -2.15. The van der Waals surface area contributed by atoms with Crippen molar-refractivity contribution in [3.63, 3.8) is 0 Å². The Hall–Kier alpha value is -0.210. The molecule has 1 unspecified atom stereocenters. The first-order chi connectivity index (χ1) is 11.1. The van der Waals surface area contributed by atoms with Crippen molar-refractivity contribution in [3.8, 4) is 0 Å². The zero-order valence-electron chi connectivity index (χ0n) is 11.3. The van der Waals surface area contributed by atoms with Gasteiger partial charge in [-0.3, -0.25) is 4.84 Å². The summed E-state index contributed by atoms with van der Waals surface area (Å²) < 4.78 is 14.6. The Morgan fingerprint density at radius 3 is 2.08 bits per heavy atom. The number of carbonyl (C=O) groups is 1. The van der Waals surface area contributed by atoms with Crippen molar-refractivity contribution in [1.82, 2.24) is 5.06 Å². The topological polar surface area (TPSA) is 88.1 Å². The Morgan fingerprint density at radius 2 is 1.71 bits per heavy atom. The lowest BCUT2D eigenvalue weighted by Crippen LogP contribution is -2.34. The van der Waals surface area contributed by atoms with E-state index in [1.54, 1.807) is 0 Å². The highest BCUT2D eigenvalue weighted by molar-refractivity contribution is 7.32. The fourth-order valence-electron chi connectivity index (χ4n) is 1.32.